The average Bonchev–Trinajstić information content (AvgIpc) is 2.76. The number of rotatable bonds is 7. The third-order valence-electron chi connectivity index (χ3n) is 6.22. The van der Waals surface area contributed by atoms with Gasteiger partial charge in [0.2, 0.25) is 0 Å². The highest BCUT2D eigenvalue weighted by atomic mass is 15.3. The van der Waals surface area contributed by atoms with E-state index in [0.717, 1.165) is 45.2 Å². The first-order chi connectivity index (χ1) is 14.2. The number of likely N-dealkylation sites (N-methyl/N-ethyl adjacent to an activating group) is 1. The van der Waals surface area contributed by atoms with Gasteiger partial charge in [-0.1, -0.05) is 44.2 Å². The van der Waals surface area contributed by atoms with Crippen LogP contribution in [0.5, 0.6) is 0 Å². The molecule has 6 nitrogen and oxygen atoms in total. The van der Waals surface area contributed by atoms with Crippen LogP contribution in [0.2, 0.25) is 0 Å². The van der Waals surface area contributed by atoms with Gasteiger partial charge in [-0.3, -0.25) is 9.89 Å². The third-order valence-corrected chi connectivity index (χ3v) is 6.22. The van der Waals surface area contributed by atoms with E-state index in [9.17, 15) is 0 Å². The molecule has 0 aliphatic carbocycles. The summed E-state index contributed by atoms with van der Waals surface area (Å²) in [6.07, 6.45) is 0. The van der Waals surface area contributed by atoms with Crippen molar-refractivity contribution in [3.8, 4) is 0 Å². The first-order valence-corrected chi connectivity index (χ1v) is 11.3. The molecule has 2 heterocycles. The minimum absolute atomic E-state index is 0.624. The number of hydrogen-bond donors (Lipinski definition) is 1. The summed E-state index contributed by atoms with van der Waals surface area (Å²) in [7, 11) is 1.91. The largest absolute Gasteiger partial charge is 0.356 e. The molecule has 1 aromatic rings. The van der Waals surface area contributed by atoms with E-state index in [1.165, 1.54) is 44.8 Å². The molecule has 3 rings (SSSR count). The zero-order valence-corrected chi connectivity index (χ0v) is 18.7. The number of nitrogens with one attached hydrogen (secondary N) is 1. The molecule has 0 bridgehead atoms. The van der Waals surface area contributed by atoms with Gasteiger partial charge in [0.1, 0.15) is 0 Å². The van der Waals surface area contributed by atoms with Crippen LogP contribution in [0, 0.1) is 5.92 Å². The van der Waals surface area contributed by atoms with Gasteiger partial charge in [-0.15, -0.1) is 0 Å². The Hall–Kier alpha value is -1.63. The molecule has 2 fully saturated rings. The molecule has 2 saturated heterocycles. The van der Waals surface area contributed by atoms with Gasteiger partial charge in [0, 0.05) is 79.0 Å². The minimum Gasteiger partial charge on any atom is -0.356 e. The lowest BCUT2D eigenvalue weighted by atomic mass is 10.1. The number of nitrogens with zero attached hydrogens (tertiary/aromatic N) is 5. The molecule has 2 aliphatic heterocycles. The van der Waals surface area contributed by atoms with E-state index in [0.29, 0.717) is 5.92 Å². The average molecular weight is 401 g/mol. The van der Waals surface area contributed by atoms with Crippen molar-refractivity contribution in [2.45, 2.75) is 20.4 Å². The lowest BCUT2D eigenvalue weighted by Gasteiger charge is -2.37. The quantitative estimate of drug-likeness (QED) is 0.557. The highest BCUT2D eigenvalue weighted by Gasteiger charge is 2.21. The summed E-state index contributed by atoms with van der Waals surface area (Å²) >= 11 is 0. The summed E-state index contributed by atoms with van der Waals surface area (Å²) in [6.45, 7) is 18.1. The Morgan fingerprint density at radius 3 is 2.17 bits per heavy atom. The Bertz CT molecular complexity index is 603. The molecular weight excluding hydrogens is 360 g/mol. The monoisotopic (exact) mass is 400 g/mol. The maximum absolute atomic E-state index is 4.55. The first-order valence-electron chi connectivity index (χ1n) is 11.3. The highest BCUT2D eigenvalue weighted by molar-refractivity contribution is 5.80. The number of benzene rings is 1. The standard InChI is InChI=1S/C23H40N6/c1-4-26-10-12-27(13-11-26)19-21(2)18-25-23(24-3)29-16-14-28(15-17-29)20-22-8-6-5-7-9-22/h5-9,21H,4,10-20H2,1-3H3,(H,24,25). The summed E-state index contributed by atoms with van der Waals surface area (Å²) in [6, 6.07) is 10.8. The summed E-state index contributed by atoms with van der Waals surface area (Å²) in [4.78, 5) is 14.7. The van der Waals surface area contributed by atoms with E-state index >= 15 is 0 Å². The second kappa shape index (κ2) is 11.5. The van der Waals surface area contributed by atoms with Crippen LogP contribution >= 0.6 is 0 Å². The Labute approximate surface area is 177 Å². The van der Waals surface area contributed by atoms with E-state index in [4.69, 9.17) is 0 Å². The number of guanidine groups is 1. The maximum Gasteiger partial charge on any atom is 0.193 e. The Morgan fingerprint density at radius 1 is 0.931 bits per heavy atom. The van der Waals surface area contributed by atoms with Gasteiger partial charge < -0.3 is 20.0 Å². The van der Waals surface area contributed by atoms with Crippen molar-refractivity contribution in [1.82, 2.24) is 24.9 Å². The van der Waals surface area contributed by atoms with Gasteiger partial charge in [-0.25, -0.2) is 0 Å². The molecule has 162 valence electrons. The van der Waals surface area contributed by atoms with Crippen LogP contribution in [-0.4, -0.2) is 105 Å². The fraction of sp³-hybridized carbons (Fsp3) is 0.696. The topological polar surface area (TPSA) is 37.4 Å². The van der Waals surface area contributed by atoms with Crippen LogP contribution in [0.15, 0.2) is 35.3 Å². The fourth-order valence-corrected chi connectivity index (χ4v) is 4.35. The second-order valence-corrected chi connectivity index (χ2v) is 8.52. The van der Waals surface area contributed by atoms with Crippen molar-refractivity contribution in [1.29, 1.82) is 0 Å². The Balaban J connectivity index is 1.36. The zero-order chi connectivity index (χ0) is 20.5. The number of aliphatic imine (C=N–C) groups is 1. The predicted octanol–water partition coefficient (Wildman–Crippen LogP) is 1.65. The third kappa shape index (κ3) is 6.98. The fourth-order valence-electron chi connectivity index (χ4n) is 4.35. The van der Waals surface area contributed by atoms with Crippen molar-refractivity contribution in [2.75, 3.05) is 79.0 Å². The first kappa shape index (κ1) is 22.1. The predicted molar refractivity (Wildman–Crippen MR) is 122 cm³/mol. The number of hydrogen-bond acceptors (Lipinski definition) is 4. The molecule has 0 amide bonds. The molecule has 1 aromatic carbocycles. The van der Waals surface area contributed by atoms with Crippen molar-refractivity contribution >= 4 is 5.96 Å². The van der Waals surface area contributed by atoms with E-state index in [1.54, 1.807) is 0 Å². The minimum atomic E-state index is 0.624. The van der Waals surface area contributed by atoms with Crippen molar-refractivity contribution < 1.29 is 0 Å². The summed E-state index contributed by atoms with van der Waals surface area (Å²) in [5.41, 5.74) is 1.40. The molecular formula is C23H40N6. The van der Waals surface area contributed by atoms with Gasteiger partial charge in [0.15, 0.2) is 5.96 Å². The van der Waals surface area contributed by atoms with Crippen LogP contribution < -0.4 is 5.32 Å². The molecule has 0 saturated carbocycles. The van der Waals surface area contributed by atoms with Crippen LogP contribution in [0.1, 0.15) is 19.4 Å². The molecule has 6 heteroatoms. The van der Waals surface area contributed by atoms with Crippen LogP contribution in [0.25, 0.3) is 0 Å². The van der Waals surface area contributed by atoms with E-state index in [-0.39, 0.29) is 0 Å². The lowest BCUT2D eigenvalue weighted by molar-refractivity contribution is 0.124. The summed E-state index contributed by atoms with van der Waals surface area (Å²) in [5, 5.41) is 3.63. The van der Waals surface area contributed by atoms with Gasteiger partial charge in [-0.05, 0) is 18.0 Å². The van der Waals surface area contributed by atoms with Crippen molar-refractivity contribution in [3.63, 3.8) is 0 Å². The SMILES string of the molecule is CCN1CCN(CC(C)CNC(=NC)N2CCN(Cc3ccccc3)CC2)CC1. The van der Waals surface area contributed by atoms with Gasteiger partial charge in [0.05, 0.1) is 0 Å². The molecule has 1 atom stereocenters. The Morgan fingerprint density at radius 2 is 1.55 bits per heavy atom. The molecule has 0 radical (unpaired) electrons. The smallest absolute Gasteiger partial charge is 0.193 e. The Kier molecular flexibility index (Phi) is 8.77. The van der Waals surface area contributed by atoms with E-state index < -0.39 is 0 Å². The van der Waals surface area contributed by atoms with Crippen LogP contribution in [-0.2, 0) is 6.54 Å². The zero-order valence-electron chi connectivity index (χ0n) is 18.7. The molecule has 0 spiro atoms. The summed E-state index contributed by atoms with van der Waals surface area (Å²) < 4.78 is 0. The van der Waals surface area contributed by atoms with Crippen LogP contribution in [0.4, 0.5) is 0 Å². The summed E-state index contributed by atoms with van der Waals surface area (Å²) in [5.74, 6) is 1.69. The van der Waals surface area contributed by atoms with Gasteiger partial charge in [-0.2, -0.15) is 0 Å². The van der Waals surface area contributed by atoms with Crippen LogP contribution in [0.3, 0.4) is 0 Å². The highest BCUT2D eigenvalue weighted by Crippen LogP contribution is 2.09. The van der Waals surface area contributed by atoms with E-state index in [2.05, 4.69) is 74.1 Å². The van der Waals surface area contributed by atoms with Crippen molar-refractivity contribution in [2.24, 2.45) is 10.9 Å². The normalized spacial score (nSPS) is 21.3. The molecule has 1 unspecified atom stereocenters. The molecule has 1 N–H and O–H groups in total. The second-order valence-electron chi connectivity index (χ2n) is 8.52. The molecule has 29 heavy (non-hydrogen) atoms. The van der Waals surface area contributed by atoms with Gasteiger partial charge in [0.25, 0.3) is 0 Å². The maximum atomic E-state index is 4.55. The van der Waals surface area contributed by atoms with Gasteiger partial charge >= 0.3 is 0 Å². The molecule has 0 aromatic heterocycles. The number of piperazine rings is 2. The molecule has 2 aliphatic rings. The van der Waals surface area contributed by atoms with Crippen molar-refractivity contribution in [3.05, 3.63) is 35.9 Å². The van der Waals surface area contributed by atoms with E-state index in [1.807, 2.05) is 7.05 Å². The lowest BCUT2D eigenvalue weighted by Crippen LogP contribution is -2.53.